The molecule has 1 atom stereocenters. The summed E-state index contributed by atoms with van der Waals surface area (Å²) in [5.74, 6) is 0.0102. The van der Waals surface area contributed by atoms with E-state index in [1.807, 2.05) is 41.3 Å². The van der Waals surface area contributed by atoms with E-state index in [4.69, 9.17) is 0 Å². The van der Waals surface area contributed by atoms with E-state index < -0.39 is 0 Å². The molecule has 1 N–H and O–H groups in total. The van der Waals surface area contributed by atoms with E-state index in [2.05, 4.69) is 80.7 Å². The molecule has 0 aromatic heterocycles. The first-order valence-electron chi connectivity index (χ1n) is 10.7. The van der Waals surface area contributed by atoms with Crippen molar-refractivity contribution in [1.82, 2.24) is 0 Å². The number of carbonyl (C=O) groups excluding carboxylic acids is 1. The quantitative estimate of drug-likeness (QED) is 0.392. The van der Waals surface area contributed by atoms with Crippen molar-refractivity contribution in [3.8, 4) is 0 Å². The van der Waals surface area contributed by atoms with Crippen LogP contribution in [0.5, 0.6) is 0 Å². The number of rotatable bonds is 2. The van der Waals surface area contributed by atoms with Crippen molar-refractivity contribution in [3.05, 3.63) is 108 Å². The van der Waals surface area contributed by atoms with Gasteiger partial charge in [-0.3, -0.25) is 9.69 Å². The Hall–Kier alpha value is -3.59. The first-order valence-corrected chi connectivity index (χ1v) is 10.7. The van der Waals surface area contributed by atoms with E-state index in [1.165, 1.54) is 10.9 Å². The van der Waals surface area contributed by atoms with Crippen LogP contribution in [0.15, 0.2) is 91.0 Å². The van der Waals surface area contributed by atoms with Crippen molar-refractivity contribution < 1.29 is 4.79 Å². The number of para-hydroxylation sites is 1. The van der Waals surface area contributed by atoms with Gasteiger partial charge in [-0.15, -0.1) is 0 Å². The zero-order valence-corrected chi connectivity index (χ0v) is 18.1. The highest BCUT2D eigenvalue weighted by Gasteiger charge is 2.34. The largest absolute Gasteiger partial charge is 0.360 e. The standard InChI is InChI=1S/C28H26N2O/c1-28(2,3)22-14-16-23(17-15-22)30-26(29-25-11-7-6-10-24(25)27(30)31)21-13-12-19-8-4-5-9-20(19)18-21/h4-18,26,29H,1-3H3. The van der Waals surface area contributed by atoms with E-state index in [1.54, 1.807) is 0 Å². The summed E-state index contributed by atoms with van der Waals surface area (Å²) < 4.78 is 0. The number of nitrogens with zero attached hydrogens (tertiary/aromatic N) is 1. The molecule has 1 aliphatic rings. The Labute approximate surface area is 183 Å². The summed E-state index contributed by atoms with van der Waals surface area (Å²) in [5, 5.41) is 5.96. The van der Waals surface area contributed by atoms with Crippen LogP contribution in [0.2, 0.25) is 0 Å². The lowest BCUT2D eigenvalue weighted by Gasteiger charge is -2.38. The highest BCUT2D eigenvalue weighted by atomic mass is 16.2. The van der Waals surface area contributed by atoms with Gasteiger partial charge in [-0.05, 0) is 57.6 Å². The lowest BCUT2D eigenvalue weighted by atomic mass is 9.87. The van der Waals surface area contributed by atoms with Gasteiger partial charge in [-0.2, -0.15) is 0 Å². The van der Waals surface area contributed by atoms with Crippen LogP contribution in [0, 0.1) is 0 Å². The molecule has 3 nitrogen and oxygen atoms in total. The summed E-state index contributed by atoms with van der Waals surface area (Å²) in [6.45, 7) is 6.59. The number of nitrogens with one attached hydrogen (secondary N) is 1. The van der Waals surface area contributed by atoms with Gasteiger partial charge >= 0.3 is 0 Å². The highest BCUT2D eigenvalue weighted by Crippen LogP contribution is 2.38. The summed E-state index contributed by atoms with van der Waals surface area (Å²) in [5.41, 5.74) is 4.82. The Balaban J connectivity index is 1.63. The molecule has 0 saturated heterocycles. The SMILES string of the molecule is CC(C)(C)c1ccc(N2C(=O)c3ccccc3NC2c2ccc3ccccc3c2)cc1. The van der Waals surface area contributed by atoms with E-state index in [-0.39, 0.29) is 17.5 Å². The molecule has 154 valence electrons. The minimum Gasteiger partial charge on any atom is -0.360 e. The predicted molar refractivity (Wildman–Crippen MR) is 129 cm³/mol. The fourth-order valence-electron chi connectivity index (χ4n) is 4.25. The van der Waals surface area contributed by atoms with Gasteiger partial charge in [0, 0.05) is 11.4 Å². The van der Waals surface area contributed by atoms with Crippen molar-refractivity contribution >= 4 is 28.1 Å². The monoisotopic (exact) mass is 406 g/mol. The molecule has 0 aliphatic carbocycles. The number of benzene rings is 4. The molecule has 1 aliphatic heterocycles. The molecule has 1 unspecified atom stereocenters. The Bertz CT molecular complexity index is 1270. The lowest BCUT2D eigenvalue weighted by molar-refractivity contribution is 0.0975. The van der Waals surface area contributed by atoms with Crippen LogP contribution < -0.4 is 10.2 Å². The van der Waals surface area contributed by atoms with E-state index in [9.17, 15) is 4.79 Å². The predicted octanol–water partition coefficient (Wildman–Crippen LogP) is 6.91. The molecule has 1 heterocycles. The van der Waals surface area contributed by atoms with Gasteiger partial charge in [0.05, 0.1) is 5.56 Å². The molecule has 0 saturated carbocycles. The third kappa shape index (κ3) is 3.46. The van der Waals surface area contributed by atoms with E-state index >= 15 is 0 Å². The minimum absolute atomic E-state index is 0.0102. The summed E-state index contributed by atoms with van der Waals surface area (Å²) in [4.78, 5) is 15.5. The maximum atomic E-state index is 13.6. The first-order chi connectivity index (χ1) is 14.9. The second kappa shape index (κ2) is 7.28. The van der Waals surface area contributed by atoms with Gasteiger partial charge < -0.3 is 5.32 Å². The van der Waals surface area contributed by atoms with Crippen LogP contribution >= 0.6 is 0 Å². The van der Waals surface area contributed by atoms with Gasteiger partial charge in [-0.25, -0.2) is 0 Å². The number of amides is 1. The van der Waals surface area contributed by atoms with Crippen molar-refractivity contribution in [2.45, 2.75) is 32.4 Å². The molecule has 0 radical (unpaired) electrons. The second-order valence-corrected chi connectivity index (χ2v) is 9.17. The van der Waals surface area contributed by atoms with Crippen molar-refractivity contribution in [2.24, 2.45) is 0 Å². The number of hydrogen-bond acceptors (Lipinski definition) is 2. The lowest BCUT2D eigenvalue weighted by Crippen LogP contribution is -2.43. The third-order valence-electron chi connectivity index (χ3n) is 6.03. The number of hydrogen-bond donors (Lipinski definition) is 1. The van der Waals surface area contributed by atoms with Crippen LogP contribution in [0.1, 0.15) is 48.4 Å². The molecule has 0 fully saturated rings. The summed E-state index contributed by atoms with van der Waals surface area (Å²) in [7, 11) is 0. The Morgan fingerprint density at radius 2 is 1.45 bits per heavy atom. The van der Waals surface area contributed by atoms with Crippen molar-refractivity contribution in [3.63, 3.8) is 0 Å². The van der Waals surface area contributed by atoms with Gasteiger partial charge in [0.2, 0.25) is 0 Å². The second-order valence-electron chi connectivity index (χ2n) is 9.17. The number of carbonyl (C=O) groups is 1. The van der Waals surface area contributed by atoms with Crippen LogP contribution in [-0.4, -0.2) is 5.91 Å². The van der Waals surface area contributed by atoms with Gasteiger partial charge in [0.15, 0.2) is 0 Å². The molecule has 5 rings (SSSR count). The Kier molecular flexibility index (Phi) is 4.55. The normalized spacial score (nSPS) is 16.2. The van der Waals surface area contributed by atoms with Crippen LogP contribution in [0.25, 0.3) is 10.8 Å². The highest BCUT2D eigenvalue weighted by molar-refractivity contribution is 6.12. The van der Waals surface area contributed by atoms with Gasteiger partial charge in [0.1, 0.15) is 6.17 Å². The fourth-order valence-corrected chi connectivity index (χ4v) is 4.25. The average molecular weight is 407 g/mol. The summed E-state index contributed by atoms with van der Waals surface area (Å²) >= 11 is 0. The molecule has 3 heteroatoms. The molecular weight excluding hydrogens is 380 g/mol. The van der Waals surface area contributed by atoms with Crippen LogP contribution in [0.3, 0.4) is 0 Å². The smallest absolute Gasteiger partial charge is 0.262 e. The maximum absolute atomic E-state index is 13.6. The molecule has 4 aromatic rings. The van der Waals surface area contributed by atoms with E-state index in [0.717, 1.165) is 22.3 Å². The molecule has 4 aromatic carbocycles. The van der Waals surface area contributed by atoms with Crippen molar-refractivity contribution in [2.75, 3.05) is 10.2 Å². The van der Waals surface area contributed by atoms with Crippen LogP contribution in [-0.2, 0) is 5.41 Å². The fraction of sp³-hybridized carbons (Fsp3) is 0.179. The topological polar surface area (TPSA) is 32.3 Å². The summed E-state index contributed by atoms with van der Waals surface area (Å²) in [6, 6.07) is 30.8. The molecule has 1 amide bonds. The summed E-state index contributed by atoms with van der Waals surface area (Å²) in [6.07, 6.45) is -0.285. The van der Waals surface area contributed by atoms with Gasteiger partial charge in [-0.1, -0.05) is 81.4 Å². The van der Waals surface area contributed by atoms with Crippen LogP contribution in [0.4, 0.5) is 11.4 Å². The minimum atomic E-state index is -0.285. The average Bonchev–Trinajstić information content (AvgIpc) is 2.78. The zero-order valence-electron chi connectivity index (χ0n) is 18.1. The first kappa shape index (κ1) is 19.4. The van der Waals surface area contributed by atoms with Gasteiger partial charge in [0.25, 0.3) is 5.91 Å². The van der Waals surface area contributed by atoms with E-state index in [0.29, 0.717) is 5.56 Å². The molecular formula is C28H26N2O. The molecule has 31 heavy (non-hydrogen) atoms. The maximum Gasteiger partial charge on any atom is 0.262 e. The Morgan fingerprint density at radius 1 is 0.774 bits per heavy atom. The number of fused-ring (bicyclic) bond motifs is 2. The number of anilines is 2. The zero-order chi connectivity index (χ0) is 21.6. The third-order valence-corrected chi connectivity index (χ3v) is 6.03. The molecule has 0 bridgehead atoms. The van der Waals surface area contributed by atoms with Crippen molar-refractivity contribution in [1.29, 1.82) is 0 Å². The molecule has 0 spiro atoms. The Morgan fingerprint density at radius 3 is 2.19 bits per heavy atom.